The van der Waals surface area contributed by atoms with E-state index in [-0.39, 0.29) is 0 Å². The van der Waals surface area contributed by atoms with E-state index in [1.165, 1.54) is 0 Å². The molecule has 7 heteroatoms. The number of nitrogens with one attached hydrogen (secondary N) is 3. The number of anilines is 1. The van der Waals surface area contributed by atoms with Gasteiger partial charge in [0.2, 0.25) is 0 Å². The van der Waals surface area contributed by atoms with Crippen LogP contribution in [0.3, 0.4) is 0 Å². The Labute approximate surface area is 209 Å². The minimum absolute atomic E-state index is 0.813. The quantitative estimate of drug-likeness (QED) is 0.219. The minimum Gasteiger partial charge on any atom is -0.358 e. The van der Waals surface area contributed by atoms with Crippen LogP contribution in [0.1, 0.15) is 30.3 Å². The van der Waals surface area contributed by atoms with E-state index < -0.39 is 0 Å². The van der Waals surface area contributed by atoms with E-state index in [0.29, 0.717) is 0 Å². The highest BCUT2D eigenvalue weighted by molar-refractivity contribution is 5.95. The SMILES string of the molecule is C=C/C=C(/c1ccccn1)c1cc(-c2n[nH]c3cnc(-c4cncc(NC(=C)CC)c4)cc23)[nH]c1C. The predicted molar refractivity (Wildman–Crippen MR) is 146 cm³/mol. The Balaban J connectivity index is 1.55. The summed E-state index contributed by atoms with van der Waals surface area (Å²) >= 11 is 0. The molecule has 0 aliphatic rings. The first-order chi connectivity index (χ1) is 17.6. The van der Waals surface area contributed by atoms with Gasteiger partial charge in [0.05, 0.1) is 40.7 Å². The number of aromatic nitrogens is 6. The van der Waals surface area contributed by atoms with Crippen molar-refractivity contribution in [2.24, 2.45) is 0 Å². The second kappa shape index (κ2) is 9.84. The van der Waals surface area contributed by atoms with Gasteiger partial charge in [-0.1, -0.05) is 38.3 Å². The number of aryl methyl sites for hydroxylation is 1. The first kappa shape index (κ1) is 23.0. The standard InChI is InChI=1S/C29H27N7/c1-5-9-22(25-10-7-8-11-31-25)23-13-27(34-19(23)4)29-24-14-26(32-17-28(24)35-36-29)20-12-21(16-30-15-20)33-18(3)6-2/h5,7-17,33-34H,1,3,6H2,2,4H3,(H,35,36)/b22-9+. The molecule has 5 aromatic rings. The van der Waals surface area contributed by atoms with Crippen molar-refractivity contribution in [1.82, 2.24) is 30.1 Å². The summed E-state index contributed by atoms with van der Waals surface area (Å²) in [4.78, 5) is 17.1. The van der Waals surface area contributed by atoms with Gasteiger partial charge in [0.15, 0.2) is 0 Å². The van der Waals surface area contributed by atoms with Crippen LogP contribution in [0, 0.1) is 6.92 Å². The molecule has 0 fully saturated rings. The topological polar surface area (TPSA) is 95.2 Å². The summed E-state index contributed by atoms with van der Waals surface area (Å²) in [5.41, 5.74) is 10.1. The number of nitrogens with zero attached hydrogens (tertiary/aromatic N) is 4. The number of allylic oxidation sites excluding steroid dienone is 3. The average Bonchev–Trinajstić information content (AvgIpc) is 3.50. The van der Waals surface area contributed by atoms with Crippen molar-refractivity contribution >= 4 is 22.2 Å². The van der Waals surface area contributed by atoms with E-state index in [1.807, 2.05) is 42.6 Å². The molecule has 3 N–H and O–H groups in total. The molecular weight excluding hydrogens is 446 g/mol. The molecule has 0 atom stereocenters. The van der Waals surface area contributed by atoms with Crippen molar-refractivity contribution in [3.8, 4) is 22.6 Å². The molecule has 5 heterocycles. The molecule has 0 saturated heterocycles. The van der Waals surface area contributed by atoms with Crippen LogP contribution in [-0.2, 0) is 0 Å². The van der Waals surface area contributed by atoms with Crippen LogP contribution in [0.25, 0.3) is 39.1 Å². The van der Waals surface area contributed by atoms with Gasteiger partial charge in [0.1, 0.15) is 5.69 Å². The molecule has 0 spiro atoms. The fourth-order valence-corrected chi connectivity index (χ4v) is 4.14. The van der Waals surface area contributed by atoms with Gasteiger partial charge in [-0.15, -0.1) is 0 Å². The lowest BCUT2D eigenvalue weighted by Gasteiger charge is -2.08. The lowest BCUT2D eigenvalue weighted by Crippen LogP contribution is -1.97. The molecule has 0 aliphatic carbocycles. The first-order valence-corrected chi connectivity index (χ1v) is 11.8. The van der Waals surface area contributed by atoms with Gasteiger partial charge >= 0.3 is 0 Å². The summed E-state index contributed by atoms with van der Waals surface area (Å²) in [5, 5.41) is 12.0. The fourth-order valence-electron chi connectivity index (χ4n) is 4.14. The Bertz CT molecular complexity index is 1590. The highest BCUT2D eigenvalue weighted by Crippen LogP contribution is 2.33. The number of H-pyrrole nitrogens is 2. The molecule has 0 aliphatic heterocycles. The molecular formula is C29H27N7. The summed E-state index contributed by atoms with van der Waals surface area (Å²) in [6.07, 6.45) is 11.8. The third-order valence-electron chi connectivity index (χ3n) is 6.01. The van der Waals surface area contributed by atoms with E-state index in [1.54, 1.807) is 24.7 Å². The Hall–Kier alpha value is -4.78. The van der Waals surface area contributed by atoms with Gasteiger partial charge in [-0.3, -0.25) is 20.1 Å². The van der Waals surface area contributed by atoms with Gasteiger partial charge in [0, 0.05) is 45.9 Å². The van der Waals surface area contributed by atoms with Crippen LogP contribution in [0.4, 0.5) is 5.69 Å². The maximum atomic E-state index is 4.64. The van der Waals surface area contributed by atoms with E-state index in [2.05, 4.69) is 68.5 Å². The molecule has 0 amide bonds. The van der Waals surface area contributed by atoms with Crippen molar-refractivity contribution < 1.29 is 0 Å². The normalized spacial score (nSPS) is 11.6. The average molecular weight is 474 g/mol. The van der Waals surface area contributed by atoms with Gasteiger partial charge < -0.3 is 10.3 Å². The number of hydrogen-bond acceptors (Lipinski definition) is 5. The van der Waals surface area contributed by atoms with E-state index in [9.17, 15) is 0 Å². The van der Waals surface area contributed by atoms with Crippen molar-refractivity contribution in [1.29, 1.82) is 0 Å². The second-order valence-corrected chi connectivity index (χ2v) is 8.48. The van der Waals surface area contributed by atoms with Crippen LogP contribution in [0.15, 0.2) is 92.2 Å². The number of fused-ring (bicyclic) bond motifs is 1. The van der Waals surface area contributed by atoms with Crippen molar-refractivity contribution in [3.05, 3.63) is 109 Å². The zero-order valence-electron chi connectivity index (χ0n) is 20.3. The van der Waals surface area contributed by atoms with Crippen LogP contribution in [-0.4, -0.2) is 30.1 Å². The molecule has 178 valence electrons. The molecule has 0 radical (unpaired) electrons. The minimum atomic E-state index is 0.813. The summed E-state index contributed by atoms with van der Waals surface area (Å²) in [5.74, 6) is 0. The number of pyridine rings is 3. The van der Waals surface area contributed by atoms with E-state index in [4.69, 9.17) is 0 Å². The van der Waals surface area contributed by atoms with E-state index in [0.717, 1.165) is 73.9 Å². The monoisotopic (exact) mass is 473 g/mol. The van der Waals surface area contributed by atoms with Gasteiger partial charge in [-0.25, -0.2) is 0 Å². The number of hydrogen-bond donors (Lipinski definition) is 3. The zero-order chi connectivity index (χ0) is 25.1. The predicted octanol–water partition coefficient (Wildman–Crippen LogP) is 6.67. The Morgan fingerprint density at radius 2 is 2.00 bits per heavy atom. The Morgan fingerprint density at radius 3 is 2.78 bits per heavy atom. The maximum absolute atomic E-state index is 4.64. The van der Waals surface area contributed by atoms with Gasteiger partial charge in [0.25, 0.3) is 0 Å². The summed E-state index contributed by atoms with van der Waals surface area (Å²) < 4.78 is 0. The lowest BCUT2D eigenvalue weighted by atomic mass is 10.0. The molecule has 7 nitrogen and oxygen atoms in total. The third-order valence-corrected chi connectivity index (χ3v) is 6.01. The van der Waals surface area contributed by atoms with Crippen LogP contribution in [0.5, 0.6) is 0 Å². The van der Waals surface area contributed by atoms with Crippen LogP contribution >= 0.6 is 0 Å². The number of rotatable bonds is 8. The largest absolute Gasteiger partial charge is 0.358 e. The molecule has 5 aromatic heterocycles. The fraction of sp³-hybridized carbons (Fsp3) is 0.103. The molecule has 0 bridgehead atoms. The van der Waals surface area contributed by atoms with Gasteiger partial charge in [-0.2, -0.15) is 5.10 Å². The summed E-state index contributed by atoms with van der Waals surface area (Å²) in [6.45, 7) is 12.0. The summed E-state index contributed by atoms with van der Waals surface area (Å²) in [7, 11) is 0. The van der Waals surface area contributed by atoms with Crippen molar-refractivity contribution in [2.45, 2.75) is 20.3 Å². The Kier molecular flexibility index (Phi) is 6.28. The molecule has 36 heavy (non-hydrogen) atoms. The first-order valence-electron chi connectivity index (χ1n) is 11.8. The molecule has 0 aromatic carbocycles. The zero-order valence-corrected chi connectivity index (χ0v) is 20.3. The van der Waals surface area contributed by atoms with E-state index >= 15 is 0 Å². The van der Waals surface area contributed by atoms with Crippen LogP contribution in [0.2, 0.25) is 0 Å². The number of aromatic amines is 2. The second-order valence-electron chi connectivity index (χ2n) is 8.48. The highest BCUT2D eigenvalue weighted by Gasteiger charge is 2.17. The van der Waals surface area contributed by atoms with Crippen molar-refractivity contribution in [3.63, 3.8) is 0 Å². The van der Waals surface area contributed by atoms with Crippen molar-refractivity contribution in [2.75, 3.05) is 5.32 Å². The molecule has 0 saturated carbocycles. The smallest absolute Gasteiger partial charge is 0.116 e. The highest BCUT2D eigenvalue weighted by atomic mass is 15.1. The van der Waals surface area contributed by atoms with Crippen LogP contribution < -0.4 is 5.32 Å². The van der Waals surface area contributed by atoms with Gasteiger partial charge in [-0.05, 0) is 43.7 Å². The molecule has 5 rings (SSSR count). The maximum Gasteiger partial charge on any atom is 0.116 e. The third kappa shape index (κ3) is 4.46. The Morgan fingerprint density at radius 1 is 1.11 bits per heavy atom. The summed E-state index contributed by atoms with van der Waals surface area (Å²) in [6, 6.07) is 12.1. The molecule has 0 unspecified atom stereocenters. The lowest BCUT2D eigenvalue weighted by molar-refractivity contribution is 1.11.